The molecular weight excluding hydrogens is 316 g/mol. The summed E-state index contributed by atoms with van der Waals surface area (Å²) < 4.78 is 11.6. The number of aromatic nitrogens is 1. The van der Waals surface area contributed by atoms with Gasteiger partial charge >= 0.3 is 0 Å². The van der Waals surface area contributed by atoms with Crippen molar-refractivity contribution in [1.29, 1.82) is 0 Å². The van der Waals surface area contributed by atoms with Gasteiger partial charge in [-0.05, 0) is 12.1 Å². The third kappa shape index (κ3) is 3.23. The van der Waals surface area contributed by atoms with E-state index in [9.17, 15) is 4.79 Å². The summed E-state index contributed by atoms with van der Waals surface area (Å²) in [5, 5.41) is 1.06. The minimum absolute atomic E-state index is 0.0296. The molecule has 2 aromatic carbocycles. The lowest BCUT2D eigenvalue weighted by molar-refractivity contribution is -0.143. The summed E-state index contributed by atoms with van der Waals surface area (Å²) in [6, 6.07) is 17.5. The van der Waals surface area contributed by atoms with E-state index in [4.69, 9.17) is 9.47 Å². The molecule has 128 valence electrons. The summed E-state index contributed by atoms with van der Waals surface area (Å²) in [5.74, 6) is 0.649. The molecule has 1 fully saturated rings. The number of fused-ring (bicyclic) bond motifs is 1. The van der Waals surface area contributed by atoms with E-state index in [1.807, 2.05) is 65.7 Å². The Bertz CT molecular complexity index is 854. The van der Waals surface area contributed by atoms with Crippen molar-refractivity contribution in [3.05, 3.63) is 66.4 Å². The first-order chi connectivity index (χ1) is 12.3. The van der Waals surface area contributed by atoms with Crippen molar-refractivity contribution < 1.29 is 14.3 Å². The molecule has 0 saturated carbocycles. The minimum atomic E-state index is -0.673. The number of nitrogens with one attached hydrogen (secondary N) is 1. The van der Waals surface area contributed by atoms with Crippen LogP contribution < -0.4 is 4.74 Å². The lowest BCUT2D eigenvalue weighted by Crippen LogP contribution is -2.44. The molecule has 5 heteroatoms. The van der Waals surface area contributed by atoms with Crippen LogP contribution in [-0.4, -0.2) is 42.1 Å². The topological polar surface area (TPSA) is 54.6 Å². The van der Waals surface area contributed by atoms with E-state index in [1.54, 1.807) is 0 Å². The Morgan fingerprint density at radius 3 is 2.64 bits per heavy atom. The van der Waals surface area contributed by atoms with Gasteiger partial charge in [-0.15, -0.1) is 0 Å². The number of benzene rings is 2. The SMILES string of the molecule is O=C([C@@H](Oc1cccc2cc[nH]c12)c1ccccc1)N1CCOCC1. The molecule has 1 aromatic heterocycles. The van der Waals surface area contributed by atoms with Crippen LogP contribution in [-0.2, 0) is 9.53 Å². The number of aromatic amines is 1. The van der Waals surface area contributed by atoms with Crippen LogP contribution in [0.4, 0.5) is 0 Å². The molecule has 0 spiro atoms. The highest BCUT2D eigenvalue weighted by molar-refractivity contribution is 5.87. The average molecular weight is 336 g/mol. The van der Waals surface area contributed by atoms with Crippen molar-refractivity contribution in [2.45, 2.75) is 6.10 Å². The molecule has 0 radical (unpaired) electrons. The first-order valence-electron chi connectivity index (χ1n) is 8.47. The molecular formula is C20H20N2O3. The smallest absolute Gasteiger partial charge is 0.268 e. The van der Waals surface area contributed by atoms with Crippen molar-refractivity contribution in [3.63, 3.8) is 0 Å². The van der Waals surface area contributed by atoms with Crippen molar-refractivity contribution in [3.8, 4) is 5.75 Å². The summed E-state index contributed by atoms with van der Waals surface area (Å²) in [6.45, 7) is 2.33. The first kappa shape index (κ1) is 15.7. The summed E-state index contributed by atoms with van der Waals surface area (Å²) >= 11 is 0. The van der Waals surface area contributed by atoms with Crippen molar-refractivity contribution >= 4 is 16.8 Å². The van der Waals surface area contributed by atoms with Gasteiger partial charge in [0.1, 0.15) is 5.75 Å². The highest BCUT2D eigenvalue weighted by Gasteiger charge is 2.29. The van der Waals surface area contributed by atoms with E-state index in [0.29, 0.717) is 32.1 Å². The monoisotopic (exact) mass is 336 g/mol. The van der Waals surface area contributed by atoms with E-state index in [-0.39, 0.29) is 5.91 Å². The molecule has 1 amide bonds. The number of nitrogens with zero attached hydrogens (tertiary/aromatic N) is 1. The quantitative estimate of drug-likeness (QED) is 0.796. The fourth-order valence-electron chi connectivity index (χ4n) is 3.12. The maximum Gasteiger partial charge on any atom is 0.268 e. The zero-order valence-electron chi connectivity index (χ0n) is 13.9. The van der Waals surface area contributed by atoms with Gasteiger partial charge in [0, 0.05) is 30.2 Å². The standard InChI is InChI=1S/C20H20N2O3/c23-20(22-11-13-24-14-12-22)19(16-5-2-1-3-6-16)25-17-8-4-7-15-9-10-21-18(15)17/h1-10,19,21H,11-14H2/t19-/m0/s1. The van der Waals surface area contributed by atoms with Gasteiger partial charge < -0.3 is 19.4 Å². The van der Waals surface area contributed by atoms with E-state index in [2.05, 4.69) is 4.98 Å². The van der Waals surface area contributed by atoms with Crippen LogP contribution in [0.1, 0.15) is 11.7 Å². The minimum Gasteiger partial charge on any atom is -0.474 e. The largest absolute Gasteiger partial charge is 0.474 e. The second-order valence-corrected chi connectivity index (χ2v) is 6.04. The molecule has 25 heavy (non-hydrogen) atoms. The zero-order chi connectivity index (χ0) is 17.1. The molecule has 4 rings (SSSR count). The molecule has 1 aliphatic rings. The van der Waals surface area contributed by atoms with E-state index in [0.717, 1.165) is 16.5 Å². The Kier molecular flexibility index (Phi) is 4.39. The molecule has 0 unspecified atom stereocenters. The fraction of sp³-hybridized carbons (Fsp3) is 0.250. The number of amides is 1. The lowest BCUT2D eigenvalue weighted by Gasteiger charge is -2.30. The molecule has 5 nitrogen and oxygen atoms in total. The number of carbonyl (C=O) groups is 1. The maximum absolute atomic E-state index is 13.1. The first-order valence-corrected chi connectivity index (χ1v) is 8.47. The molecule has 1 saturated heterocycles. The Morgan fingerprint density at radius 2 is 1.84 bits per heavy atom. The van der Waals surface area contributed by atoms with Gasteiger partial charge in [-0.2, -0.15) is 0 Å². The number of H-pyrrole nitrogens is 1. The molecule has 1 aliphatic heterocycles. The van der Waals surface area contributed by atoms with Crippen LogP contribution in [0.3, 0.4) is 0 Å². The van der Waals surface area contributed by atoms with E-state index in [1.165, 1.54) is 0 Å². The predicted molar refractivity (Wildman–Crippen MR) is 95.5 cm³/mol. The third-order valence-electron chi connectivity index (χ3n) is 4.44. The summed E-state index contributed by atoms with van der Waals surface area (Å²) in [4.78, 5) is 18.1. The Balaban J connectivity index is 1.68. The number of carbonyl (C=O) groups excluding carboxylic acids is 1. The molecule has 2 heterocycles. The van der Waals surface area contributed by atoms with Gasteiger partial charge in [-0.25, -0.2) is 0 Å². The number of ether oxygens (including phenoxy) is 2. The van der Waals surface area contributed by atoms with Gasteiger partial charge in [0.2, 0.25) is 6.10 Å². The average Bonchev–Trinajstić information content (AvgIpc) is 3.16. The van der Waals surface area contributed by atoms with Crippen LogP contribution >= 0.6 is 0 Å². The van der Waals surface area contributed by atoms with Crippen molar-refractivity contribution in [2.24, 2.45) is 0 Å². The fourth-order valence-corrected chi connectivity index (χ4v) is 3.12. The summed E-state index contributed by atoms with van der Waals surface area (Å²) in [5.41, 5.74) is 1.75. The number of rotatable bonds is 4. The zero-order valence-corrected chi connectivity index (χ0v) is 13.9. The number of hydrogen-bond acceptors (Lipinski definition) is 3. The number of para-hydroxylation sites is 1. The number of hydrogen-bond donors (Lipinski definition) is 1. The second kappa shape index (κ2) is 6.99. The Hall–Kier alpha value is -2.79. The van der Waals surface area contributed by atoms with Gasteiger partial charge in [0.25, 0.3) is 5.91 Å². The Labute approximate surface area is 146 Å². The lowest BCUT2D eigenvalue weighted by atomic mass is 10.1. The van der Waals surface area contributed by atoms with Crippen LogP contribution in [0.2, 0.25) is 0 Å². The van der Waals surface area contributed by atoms with Gasteiger partial charge in [0.05, 0.1) is 18.7 Å². The second-order valence-electron chi connectivity index (χ2n) is 6.04. The Morgan fingerprint density at radius 1 is 1.04 bits per heavy atom. The van der Waals surface area contributed by atoms with Crippen LogP contribution in [0.5, 0.6) is 5.75 Å². The molecule has 0 aliphatic carbocycles. The van der Waals surface area contributed by atoms with E-state index < -0.39 is 6.10 Å². The normalized spacial score (nSPS) is 15.9. The maximum atomic E-state index is 13.1. The van der Waals surface area contributed by atoms with Gasteiger partial charge in [0.15, 0.2) is 0 Å². The predicted octanol–water partition coefficient (Wildman–Crippen LogP) is 3.15. The summed E-state index contributed by atoms with van der Waals surface area (Å²) in [6.07, 6.45) is 1.20. The summed E-state index contributed by atoms with van der Waals surface area (Å²) in [7, 11) is 0. The molecule has 3 aromatic rings. The molecule has 1 atom stereocenters. The van der Waals surface area contributed by atoms with Crippen molar-refractivity contribution in [1.82, 2.24) is 9.88 Å². The molecule has 0 bridgehead atoms. The van der Waals surface area contributed by atoms with Crippen molar-refractivity contribution in [2.75, 3.05) is 26.3 Å². The van der Waals surface area contributed by atoms with Gasteiger partial charge in [-0.3, -0.25) is 4.79 Å². The highest BCUT2D eigenvalue weighted by Crippen LogP contribution is 2.30. The third-order valence-corrected chi connectivity index (χ3v) is 4.44. The van der Waals surface area contributed by atoms with Gasteiger partial charge in [-0.1, -0.05) is 42.5 Å². The number of morpholine rings is 1. The van der Waals surface area contributed by atoms with Crippen LogP contribution in [0.15, 0.2) is 60.8 Å². The van der Waals surface area contributed by atoms with E-state index >= 15 is 0 Å². The molecule has 1 N–H and O–H groups in total. The highest BCUT2D eigenvalue weighted by atomic mass is 16.5. The van der Waals surface area contributed by atoms with Crippen LogP contribution in [0, 0.1) is 0 Å². The van der Waals surface area contributed by atoms with Crippen LogP contribution in [0.25, 0.3) is 10.9 Å².